The van der Waals surface area contributed by atoms with Crippen molar-refractivity contribution in [2.24, 2.45) is 12.0 Å². The van der Waals surface area contributed by atoms with Crippen LogP contribution in [0.1, 0.15) is 10.4 Å². The number of methoxy groups -OCH3 is 1. The number of carbonyl (C=O) groups excluding carboxylic acids is 1. The molecule has 3 aromatic rings. The number of thiazole rings is 1. The molecule has 0 radical (unpaired) electrons. The number of aromatic nitrogens is 1. The van der Waals surface area contributed by atoms with Crippen molar-refractivity contribution in [3.8, 4) is 5.75 Å². The van der Waals surface area contributed by atoms with E-state index in [4.69, 9.17) is 16.3 Å². The second-order valence-corrected chi connectivity index (χ2v) is 6.09. The first-order valence-electron chi connectivity index (χ1n) is 6.57. The number of amides is 1. The Morgan fingerprint density at radius 2 is 1.95 bits per heavy atom. The van der Waals surface area contributed by atoms with Crippen molar-refractivity contribution in [3.63, 3.8) is 0 Å². The fraction of sp³-hybridized carbons (Fsp3) is 0.125. The topological polar surface area (TPSA) is 43.6 Å². The Labute approximate surface area is 136 Å². The molecule has 2 aromatic carbocycles. The van der Waals surface area contributed by atoms with Gasteiger partial charge in [0.1, 0.15) is 5.75 Å². The van der Waals surface area contributed by atoms with Gasteiger partial charge in [-0.05, 0) is 36.4 Å². The number of carbonyl (C=O) groups is 1. The van der Waals surface area contributed by atoms with Gasteiger partial charge in [0.05, 0.1) is 22.3 Å². The van der Waals surface area contributed by atoms with Gasteiger partial charge in [0.2, 0.25) is 0 Å². The predicted octanol–water partition coefficient (Wildman–Crippen LogP) is 3.64. The van der Waals surface area contributed by atoms with Crippen LogP contribution in [0.15, 0.2) is 47.5 Å². The number of para-hydroxylation sites is 1. The normalized spacial score (nSPS) is 11.9. The van der Waals surface area contributed by atoms with Gasteiger partial charge >= 0.3 is 0 Å². The maximum atomic E-state index is 12.3. The molecule has 0 atom stereocenters. The Morgan fingerprint density at radius 1 is 1.23 bits per heavy atom. The molecule has 22 heavy (non-hydrogen) atoms. The highest BCUT2D eigenvalue weighted by atomic mass is 35.5. The molecule has 1 aromatic heterocycles. The van der Waals surface area contributed by atoms with Crippen LogP contribution in [0.5, 0.6) is 5.75 Å². The van der Waals surface area contributed by atoms with Gasteiger partial charge in [0.15, 0.2) is 4.80 Å². The van der Waals surface area contributed by atoms with Gasteiger partial charge < -0.3 is 9.30 Å². The van der Waals surface area contributed by atoms with Gasteiger partial charge in [-0.15, -0.1) is 0 Å². The molecule has 0 fully saturated rings. The molecule has 0 N–H and O–H groups in total. The van der Waals surface area contributed by atoms with Gasteiger partial charge in [0.25, 0.3) is 5.91 Å². The molecule has 1 heterocycles. The van der Waals surface area contributed by atoms with Crippen LogP contribution in [-0.2, 0) is 7.05 Å². The second-order valence-electron chi connectivity index (χ2n) is 4.68. The van der Waals surface area contributed by atoms with Crippen molar-refractivity contribution in [2.45, 2.75) is 0 Å². The Hall–Kier alpha value is -2.11. The first-order chi connectivity index (χ1) is 10.6. The zero-order valence-electron chi connectivity index (χ0n) is 12.0. The van der Waals surface area contributed by atoms with Gasteiger partial charge in [-0.25, -0.2) is 0 Å². The number of hydrogen-bond donors (Lipinski definition) is 0. The average molecular weight is 333 g/mol. The van der Waals surface area contributed by atoms with E-state index < -0.39 is 0 Å². The number of ether oxygens (including phenoxy) is 1. The zero-order valence-corrected chi connectivity index (χ0v) is 13.6. The van der Waals surface area contributed by atoms with Crippen molar-refractivity contribution < 1.29 is 9.53 Å². The molecule has 4 nitrogen and oxygen atoms in total. The summed E-state index contributed by atoms with van der Waals surface area (Å²) < 4.78 is 7.91. The third-order valence-corrected chi connectivity index (χ3v) is 4.71. The molecule has 0 saturated heterocycles. The van der Waals surface area contributed by atoms with E-state index in [1.54, 1.807) is 31.4 Å². The third-order valence-electron chi connectivity index (χ3n) is 3.31. The summed E-state index contributed by atoms with van der Waals surface area (Å²) in [6.45, 7) is 0. The number of halogens is 1. The summed E-state index contributed by atoms with van der Waals surface area (Å²) in [5.41, 5.74) is 1.40. The van der Waals surface area contributed by atoms with Crippen LogP contribution in [0.2, 0.25) is 5.02 Å². The van der Waals surface area contributed by atoms with Crippen LogP contribution in [0, 0.1) is 0 Å². The first kappa shape index (κ1) is 14.8. The lowest BCUT2D eigenvalue weighted by Gasteiger charge is -2.00. The summed E-state index contributed by atoms with van der Waals surface area (Å²) in [4.78, 5) is 17.1. The molecule has 6 heteroatoms. The molecule has 0 aliphatic heterocycles. The molecule has 1 amide bonds. The van der Waals surface area contributed by atoms with E-state index in [0.29, 0.717) is 21.1 Å². The van der Waals surface area contributed by atoms with Crippen LogP contribution < -0.4 is 9.54 Å². The molecule has 0 unspecified atom stereocenters. The number of nitrogens with zero attached hydrogens (tertiary/aromatic N) is 2. The number of benzene rings is 2. The van der Waals surface area contributed by atoms with E-state index in [1.807, 2.05) is 29.8 Å². The summed E-state index contributed by atoms with van der Waals surface area (Å²) in [7, 11) is 3.44. The second kappa shape index (κ2) is 5.94. The fourth-order valence-corrected chi connectivity index (χ4v) is 3.55. The molecule has 0 spiro atoms. The van der Waals surface area contributed by atoms with E-state index >= 15 is 0 Å². The fourth-order valence-electron chi connectivity index (χ4n) is 2.15. The minimum atomic E-state index is -0.291. The van der Waals surface area contributed by atoms with Crippen molar-refractivity contribution in [1.82, 2.24) is 4.57 Å². The van der Waals surface area contributed by atoms with Gasteiger partial charge in [-0.3, -0.25) is 4.79 Å². The highest BCUT2D eigenvalue weighted by molar-refractivity contribution is 7.16. The Morgan fingerprint density at radius 3 is 2.59 bits per heavy atom. The highest BCUT2D eigenvalue weighted by Crippen LogP contribution is 2.24. The molecule has 0 bridgehead atoms. The molecule has 112 valence electrons. The lowest BCUT2D eigenvalue weighted by Crippen LogP contribution is -2.13. The summed E-state index contributed by atoms with van der Waals surface area (Å²) in [5.74, 6) is 0.414. The molecular formula is C16H13ClN2O2S. The number of aryl methyl sites for hydroxylation is 1. The summed E-state index contributed by atoms with van der Waals surface area (Å²) >= 11 is 7.64. The summed E-state index contributed by atoms with van der Waals surface area (Å²) in [5, 5.41) is 0.648. The average Bonchev–Trinajstić information content (AvgIpc) is 2.85. The minimum absolute atomic E-state index is 0.291. The quantitative estimate of drug-likeness (QED) is 0.719. The number of fused-ring (bicyclic) bond motifs is 1. The van der Waals surface area contributed by atoms with E-state index in [0.717, 1.165) is 10.2 Å². The van der Waals surface area contributed by atoms with Crippen molar-refractivity contribution in [1.29, 1.82) is 0 Å². The lowest BCUT2D eigenvalue weighted by atomic mass is 10.2. The SMILES string of the molecule is COc1ccc(C(=O)N=c2sc3cccc(Cl)c3n2C)cc1. The minimum Gasteiger partial charge on any atom is -0.497 e. The zero-order chi connectivity index (χ0) is 15.7. The van der Waals surface area contributed by atoms with Crippen LogP contribution in [0.4, 0.5) is 0 Å². The monoisotopic (exact) mass is 332 g/mol. The number of hydrogen-bond acceptors (Lipinski definition) is 3. The lowest BCUT2D eigenvalue weighted by molar-refractivity contribution is 0.0998. The summed E-state index contributed by atoms with van der Waals surface area (Å²) in [6.07, 6.45) is 0. The first-order valence-corrected chi connectivity index (χ1v) is 7.77. The predicted molar refractivity (Wildman–Crippen MR) is 88.7 cm³/mol. The van der Waals surface area contributed by atoms with Gasteiger partial charge in [-0.1, -0.05) is 29.0 Å². The largest absolute Gasteiger partial charge is 0.497 e. The molecular weight excluding hydrogens is 320 g/mol. The number of rotatable bonds is 2. The molecule has 0 aliphatic rings. The maximum absolute atomic E-state index is 12.3. The van der Waals surface area contributed by atoms with Crippen molar-refractivity contribution in [3.05, 3.63) is 57.9 Å². The Bertz CT molecular complexity index is 910. The van der Waals surface area contributed by atoms with Crippen LogP contribution >= 0.6 is 22.9 Å². The van der Waals surface area contributed by atoms with Gasteiger partial charge in [-0.2, -0.15) is 4.99 Å². The Kier molecular flexibility index (Phi) is 4.00. The molecule has 0 aliphatic carbocycles. The van der Waals surface area contributed by atoms with Gasteiger partial charge in [0, 0.05) is 12.6 Å². The Balaban J connectivity index is 2.06. The van der Waals surface area contributed by atoms with E-state index in [1.165, 1.54) is 11.3 Å². The van der Waals surface area contributed by atoms with E-state index in [2.05, 4.69) is 4.99 Å². The maximum Gasteiger partial charge on any atom is 0.279 e. The van der Waals surface area contributed by atoms with E-state index in [-0.39, 0.29) is 5.91 Å². The van der Waals surface area contributed by atoms with Crippen LogP contribution in [-0.4, -0.2) is 17.6 Å². The highest BCUT2D eigenvalue weighted by Gasteiger charge is 2.09. The third kappa shape index (κ3) is 2.65. The van der Waals surface area contributed by atoms with Crippen molar-refractivity contribution >= 4 is 39.1 Å². The van der Waals surface area contributed by atoms with Crippen LogP contribution in [0.3, 0.4) is 0 Å². The molecule has 0 saturated carbocycles. The summed E-state index contributed by atoms with van der Waals surface area (Å²) in [6, 6.07) is 12.6. The van der Waals surface area contributed by atoms with Crippen molar-refractivity contribution in [2.75, 3.05) is 7.11 Å². The standard InChI is InChI=1S/C16H13ClN2O2S/c1-19-14-12(17)4-3-5-13(14)22-16(19)18-15(20)10-6-8-11(21-2)9-7-10/h3-9H,1-2H3. The smallest absolute Gasteiger partial charge is 0.279 e. The van der Waals surface area contributed by atoms with E-state index in [9.17, 15) is 4.79 Å². The molecule has 3 rings (SSSR count). The van der Waals surface area contributed by atoms with Crippen LogP contribution in [0.25, 0.3) is 10.2 Å².